The maximum atomic E-state index is 12.6. The van der Waals surface area contributed by atoms with E-state index in [1.807, 2.05) is 30.3 Å². The number of Topliss-reactive ketones (excluding diaryl/α,β-unsaturated/α-hetero) is 1. The molecule has 2 heteroatoms. The Bertz CT molecular complexity index is 534. The van der Waals surface area contributed by atoms with Crippen LogP contribution in [-0.2, 0) is 4.74 Å². The molecule has 3 unspecified atom stereocenters. The van der Waals surface area contributed by atoms with Crippen molar-refractivity contribution in [3.05, 3.63) is 35.9 Å². The minimum atomic E-state index is 0.0727. The second-order valence-electron chi connectivity index (χ2n) is 9.71. The Kier molecular flexibility index (Phi) is 8.53. The van der Waals surface area contributed by atoms with Crippen LogP contribution in [0, 0.1) is 22.7 Å². The van der Waals surface area contributed by atoms with Crippen molar-refractivity contribution >= 4 is 5.78 Å². The van der Waals surface area contributed by atoms with Crippen molar-refractivity contribution in [1.82, 2.24) is 0 Å². The summed E-state index contributed by atoms with van der Waals surface area (Å²) in [5.41, 5.74) is 1.03. The van der Waals surface area contributed by atoms with E-state index in [9.17, 15) is 4.79 Å². The van der Waals surface area contributed by atoms with Crippen LogP contribution in [0.1, 0.15) is 85.0 Å². The summed E-state index contributed by atoms with van der Waals surface area (Å²) in [6.45, 7) is 18.4. The molecule has 1 aromatic rings. The smallest absolute Gasteiger partial charge is 0.188 e. The molecule has 0 radical (unpaired) electrons. The van der Waals surface area contributed by atoms with Gasteiger partial charge in [0.25, 0.3) is 0 Å². The largest absolute Gasteiger partial charge is 0.369 e. The molecule has 0 spiro atoms. The van der Waals surface area contributed by atoms with Gasteiger partial charge >= 0.3 is 0 Å². The topological polar surface area (TPSA) is 26.3 Å². The van der Waals surface area contributed by atoms with Gasteiger partial charge in [-0.1, -0.05) is 98.6 Å². The lowest BCUT2D eigenvalue weighted by Crippen LogP contribution is -2.44. The highest BCUT2D eigenvalue weighted by Crippen LogP contribution is 2.43. The summed E-state index contributed by atoms with van der Waals surface area (Å²) in [6.07, 6.45) is 3.41. The van der Waals surface area contributed by atoms with E-state index in [1.165, 1.54) is 0 Å². The third kappa shape index (κ3) is 6.54. The van der Waals surface area contributed by atoms with Gasteiger partial charge in [0.05, 0.1) is 6.10 Å². The fourth-order valence-corrected chi connectivity index (χ4v) is 4.13. The van der Waals surface area contributed by atoms with E-state index in [4.69, 9.17) is 4.74 Å². The quantitative estimate of drug-likeness (QED) is 0.453. The van der Waals surface area contributed by atoms with Gasteiger partial charge in [0.15, 0.2) is 5.78 Å². The van der Waals surface area contributed by atoms with E-state index in [2.05, 4.69) is 55.4 Å². The highest BCUT2D eigenvalue weighted by atomic mass is 16.5. The third-order valence-corrected chi connectivity index (χ3v) is 5.56. The number of rotatable bonds is 9. The summed E-state index contributed by atoms with van der Waals surface area (Å²) >= 11 is 0. The highest BCUT2D eigenvalue weighted by molar-refractivity contribution is 5.97. The second-order valence-corrected chi connectivity index (χ2v) is 9.71. The molecule has 0 aromatic heterocycles. The van der Waals surface area contributed by atoms with Crippen LogP contribution in [0.2, 0.25) is 0 Å². The van der Waals surface area contributed by atoms with Gasteiger partial charge in [-0.25, -0.2) is 0 Å². The molecule has 0 aliphatic rings. The van der Waals surface area contributed by atoms with Gasteiger partial charge in [-0.05, 0) is 29.1 Å². The molecule has 0 saturated carbocycles. The summed E-state index contributed by atoms with van der Waals surface area (Å²) in [4.78, 5) is 12.6. The van der Waals surface area contributed by atoms with E-state index >= 15 is 0 Å². The lowest BCUT2D eigenvalue weighted by molar-refractivity contribution is -0.0823. The van der Waals surface area contributed by atoms with Gasteiger partial charge in [0, 0.05) is 5.56 Å². The number of hydrogen-bond acceptors (Lipinski definition) is 2. The summed E-state index contributed by atoms with van der Waals surface area (Å²) < 4.78 is 6.43. The Morgan fingerprint density at radius 2 is 1.46 bits per heavy atom. The normalized spacial score (nSPS) is 16.2. The van der Waals surface area contributed by atoms with Crippen molar-refractivity contribution in [2.75, 3.05) is 6.61 Å². The summed E-state index contributed by atoms with van der Waals surface area (Å²) in [6, 6.07) is 9.49. The lowest BCUT2D eigenvalue weighted by atomic mass is 9.65. The molecule has 0 aliphatic heterocycles. The Labute approximate surface area is 161 Å². The number of carbonyl (C=O) groups is 1. The van der Waals surface area contributed by atoms with E-state index in [1.54, 1.807) is 0 Å². The number of ketones is 1. The van der Waals surface area contributed by atoms with Crippen molar-refractivity contribution < 1.29 is 9.53 Å². The lowest BCUT2D eigenvalue weighted by Gasteiger charge is -2.45. The van der Waals surface area contributed by atoms with Crippen LogP contribution >= 0.6 is 0 Å². The van der Waals surface area contributed by atoms with Gasteiger partial charge in [-0.3, -0.25) is 4.79 Å². The molecular weight excluding hydrogens is 320 g/mol. The van der Waals surface area contributed by atoms with Crippen LogP contribution in [0.25, 0.3) is 0 Å². The van der Waals surface area contributed by atoms with Crippen LogP contribution in [0.15, 0.2) is 30.3 Å². The maximum absolute atomic E-state index is 12.6. The molecule has 0 fully saturated rings. The van der Waals surface area contributed by atoms with Gasteiger partial charge in [0.1, 0.15) is 6.61 Å². The first kappa shape index (κ1) is 22.9. The van der Waals surface area contributed by atoms with Crippen LogP contribution in [0.4, 0.5) is 0 Å². The molecule has 3 atom stereocenters. The predicted octanol–water partition coefficient (Wildman–Crippen LogP) is 6.79. The molecule has 2 nitrogen and oxygen atoms in total. The molecule has 1 rings (SSSR count). The molecule has 0 saturated heterocycles. The molecule has 0 amide bonds. The van der Waals surface area contributed by atoms with Crippen molar-refractivity contribution in [3.8, 4) is 0 Å². The van der Waals surface area contributed by atoms with Gasteiger partial charge in [-0.15, -0.1) is 0 Å². The minimum absolute atomic E-state index is 0.0727. The zero-order valence-electron chi connectivity index (χ0n) is 18.3. The summed E-state index contributed by atoms with van der Waals surface area (Å²) in [5.74, 6) is 0.922. The van der Waals surface area contributed by atoms with Crippen molar-refractivity contribution in [2.45, 2.75) is 80.8 Å². The van der Waals surface area contributed by atoms with Crippen LogP contribution in [0.3, 0.4) is 0 Å². The van der Waals surface area contributed by atoms with E-state index < -0.39 is 0 Å². The predicted molar refractivity (Wildman–Crippen MR) is 112 cm³/mol. The van der Waals surface area contributed by atoms with Crippen LogP contribution < -0.4 is 0 Å². The average molecular weight is 361 g/mol. The van der Waals surface area contributed by atoms with Crippen molar-refractivity contribution in [3.63, 3.8) is 0 Å². The fourth-order valence-electron chi connectivity index (χ4n) is 4.13. The number of benzene rings is 1. The molecular formula is C24H40O2. The van der Waals surface area contributed by atoms with E-state index in [0.29, 0.717) is 11.8 Å². The van der Waals surface area contributed by atoms with E-state index in [-0.39, 0.29) is 29.3 Å². The Morgan fingerprint density at radius 3 is 1.88 bits per heavy atom. The van der Waals surface area contributed by atoms with Gasteiger partial charge < -0.3 is 4.74 Å². The third-order valence-electron chi connectivity index (χ3n) is 5.56. The summed E-state index contributed by atoms with van der Waals surface area (Å²) in [5, 5.41) is 0. The Balaban J connectivity index is 3.08. The average Bonchev–Trinajstić information content (AvgIpc) is 2.55. The standard InChI is InChI=1S/C24H40O2/c1-9-14-20(24(6,7)8)22(19(10-2)23(3,4)5)26-17-21(25)18-15-12-11-13-16-18/h11-13,15-16,19-20,22H,9-10,14,17H2,1-8H3. The van der Waals surface area contributed by atoms with E-state index in [0.717, 1.165) is 24.8 Å². The number of carbonyl (C=O) groups excluding carboxylic acids is 1. The second kappa shape index (κ2) is 9.69. The first-order valence-electron chi connectivity index (χ1n) is 10.2. The SMILES string of the molecule is CCCC(C(OCC(=O)c1ccccc1)C(CC)C(C)(C)C)C(C)(C)C. The zero-order valence-corrected chi connectivity index (χ0v) is 18.3. The highest BCUT2D eigenvalue weighted by Gasteiger charge is 2.41. The first-order valence-corrected chi connectivity index (χ1v) is 10.2. The van der Waals surface area contributed by atoms with Crippen molar-refractivity contribution in [2.24, 2.45) is 22.7 Å². The monoisotopic (exact) mass is 360 g/mol. The Morgan fingerprint density at radius 1 is 0.923 bits per heavy atom. The molecule has 0 aliphatic carbocycles. The fraction of sp³-hybridized carbons (Fsp3) is 0.708. The first-order chi connectivity index (χ1) is 12.0. The van der Waals surface area contributed by atoms with Gasteiger partial charge in [0.2, 0.25) is 0 Å². The van der Waals surface area contributed by atoms with Crippen LogP contribution in [0.5, 0.6) is 0 Å². The Hall–Kier alpha value is -1.15. The summed E-state index contributed by atoms with van der Waals surface area (Å²) in [7, 11) is 0. The zero-order chi connectivity index (χ0) is 20.0. The molecule has 148 valence electrons. The van der Waals surface area contributed by atoms with Gasteiger partial charge in [-0.2, -0.15) is 0 Å². The molecule has 26 heavy (non-hydrogen) atoms. The number of ether oxygens (including phenoxy) is 1. The molecule has 0 N–H and O–H groups in total. The molecule has 1 aromatic carbocycles. The van der Waals surface area contributed by atoms with Crippen LogP contribution in [-0.4, -0.2) is 18.5 Å². The molecule has 0 bridgehead atoms. The number of hydrogen-bond donors (Lipinski definition) is 0. The molecule has 0 heterocycles. The minimum Gasteiger partial charge on any atom is -0.369 e. The maximum Gasteiger partial charge on any atom is 0.188 e. The van der Waals surface area contributed by atoms with Crippen molar-refractivity contribution in [1.29, 1.82) is 0 Å².